The van der Waals surface area contributed by atoms with Crippen LogP contribution >= 0.6 is 0 Å². The van der Waals surface area contributed by atoms with Gasteiger partial charge in [-0.2, -0.15) is 0 Å². The van der Waals surface area contributed by atoms with E-state index in [4.69, 9.17) is 0 Å². The molecule has 1 aromatic carbocycles. The zero-order valence-electron chi connectivity index (χ0n) is 14.9. The first-order valence-corrected chi connectivity index (χ1v) is 8.91. The van der Waals surface area contributed by atoms with E-state index in [1.165, 1.54) is 0 Å². The molecule has 24 heavy (non-hydrogen) atoms. The van der Waals surface area contributed by atoms with E-state index in [0.717, 1.165) is 31.2 Å². The predicted molar refractivity (Wildman–Crippen MR) is 94.6 cm³/mol. The van der Waals surface area contributed by atoms with E-state index < -0.39 is 11.5 Å². The minimum atomic E-state index is -1.27. The zero-order valence-corrected chi connectivity index (χ0v) is 14.9. The van der Waals surface area contributed by atoms with Crippen molar-refractivity contribution in [1.82, 2.24) is 5.32 Å². The minimum Gasteiger partial charge on any atom is -0.480 e. The summed E-state index contributed by atoms with van der Waals surface area (Å²) < 4.78 is 0. The quantitative estimate of drug-likeness (QED) is 0.836. The summed E-state index contributed by atoms with van der Waals surface area (Å²) in [7, 11) is 0. The van der Waals surface area contributed by atoms with Gasteiger partial charge in [0, 0.05) is 12.3 Å². The van der Waals surface area contributed by atoms with Gasteiger partial charge in [0.2, 0.25) is 5.91 Å². The second-order valence-electron chi connectivity index (χ2n) is 7.64. The van der Waals surface area contributed by atoms with Crippen LogP contribution in [0.25, 0.3) is 0 Å². The molecule has 1 fully saturated rings. The van der Waals surface area contributed by atoms with Crippen molar-refractivity contribution >= 4 is 11.9 Å². The van der Waals surface area contributed by atoms with Gasteiger partial charge in [0.1, 0.15) is 5.54 Å². The molecule has 132 valence electrons. The second kappa shape index (κ2) is 7.82. The number of carbonyl (C=O) groups is 2. The van der Waals surface area contributed by atoms with E-state index >= 15 is 0 Å². The van der Waals surface area contributed by atoms with Crippen molar-refractivity contribution in [3.05, 3.63) is 35.9 Å². The molecule has 4 heteroatoms. The first-order chi connectivity index (χ1) is 11.3. The monoisotopic (exact) mass is 331 g/mol. The van der Waals surface area contributed by atoms with Gasteiger partial charge >= 0.3 is 5.97 Å². The fourth-order valence-electron chi connectivity index (χ4n) is 3.60. The molecular weight excluding hydrogens is 302 g/mol. The van der Waals surface area contributed by atoms with E-state index in [9.17, 15) is 14.7 Å². The van der Waals surface area contributed by atoms with Gasteiger partial charge in [0.15, 0.2) is 0 Å². The van der Waals surface area contributed by atoms with E-state index in [0.29, 0.717) is 11.8 Å². The summed E-state index contributed by atoms with van der Waals surface area (Å²) in [6.07, 6.45) is 4.11. The first kappa shape index (κ1) is 18.5. The Labute approximate surface area is 144 Å². The van der Waals surface area contributed by atoms with Crippen molar-refractivity contribution in [2.45, 2.75) is 58.4 Å². The number of amides is 1. The molecule has 2 rings (SSSR count). The predicted octanol–water partition coefficient (Wildman–Crippen LogP) is 3.65. The molecule has 1 aliphatic carbocycles. The number of nitrogens with one attached hydrogen (secondary N) is 1. The van der Waals surface area contributed by atoms with Gasteiger partial charge in [-0.15, -0.1) is 0 Å². The van der Waals surface area contributed by atoms with Gasteiger partial charge in [-0.05, 0) is 50.0 Å². The van der Waals surface area contributed by atoms with Crippen LogP contribution in [0.3, 0.4) is 0 Å². The molecule has 0 aromatic heterocycles. The van der Waals surface area contributed by atoms with Gasteiger partial charge < -0.3 is 10.4 Å². The Morgan fingerprint density at radius 2 is 1.75 bits per heavy atom. The van der Waals surface area contributed by atoms with E-state index in [-0.39, 0.29) is 18.2 Å². The maximum absolute atomic E-state index is 12.6. The summed E-state index contributed by atoms with van der Waals surface area (Å²) in [5, 5.41) is 12.5. The summed E-state index contributed by atoms with van der Waals surface area (Å²) in [5.41, 5.74) is -0.362. The first-order valence-electron chi connectivity index (χ1n) is 8.91. The highest BCUT2D eigenvalue weighted by atomic mass is 16.4. The van der Waals surface area contributed by atoms with Crippen LogP contribution in [0.2, 0.25) is 0 Å². The molecule has 1 aromatic rings. The number of carboxylic acid groups (broad SMARTS) is 1. The normalized spacial score (nSPS) is 23.5. The minimum absolute atomic E-state index is 0.0607. The maximum atomic E-state index is 12.6. The van der Waals surface area contributed by atoms with Crippen molar-refractivity contribution < 1.29 is 14.7 Å². The molecule has 0 saturated heterocycles. The molecule has 2 N–H and O–H groups in total. The van der Waals surface area contributed by atoms with Crippen LogP contribution in [-0.4, -0.2) is 22.5 Å². The Balaban J connectivity index is 2.00. The number of carbonyl (C=O) groups excluding carboxylic acids is 1. The lowest BCUT2D eigenvalue weighted by molar-refractivity contribution is -0.147. The van der Waals surface area contributed by atoms with Crippen molar-refractivity contribution in [1.29, 1.82) is 0 Å². The maximum Gasteiger partial charge on any atom is 0.329 e. The lowest BCUT2D eigenvalue weighted by Gasteiger charge is -2.33. The third kappa shape index (κ3) is 4.59. The highest BCUT2D eigenvalue weighted by molar-refractivity contribution is 5.88. The third-order valence-corrected chi connectivity index (χ3v) is 5.36. The molecular formula is C20H29NO3. The number of carboxylic acids is 1. The van der Waals surface area contributed by atoms with Crippen LogP contribution in [0.5, 0.6) is 0 Å². The number of aliphatic carboxylic acids is 1. The lowest BCUT2D eigenvalue weighted by Crippen LogP contribution is -2.55. The van der Waals surface area contributed by atoms with Crippen molar-refractivity contribution in [3.8, 4) is 0 Å². The van der Waals surface area contributed by atoms with Crippen LogP contribution < -0.4 is 5.32 Å². The smallest absolute Gasteiger partial charge is 0.329 e. The molecule has 1 saturated carbocycles. The fraction of sp³-hybridized carbons (Fsp3) is 0.600. The van der Waals surface area contributed by atoms with E-state index in [1.807, 2.05) is 30.3 Å². The highest BCUT2D eigenvalue weighted by Gasteiger charge is 2.37. The summed E-state index contributed by atoms with van der Waals surface area (Å²) in [4.78, 5) is 24.4. The van der Waals surface area contributed by atoms with Gasteiger partial charge in [0.05, 0.1) is 0 Å². The summed E-state index contributed by atoms with van der Waals surface area (Å²) >= 11 is 0. The summed E-state index contributed by atoms with van der Waals surface area (Å²) in [5.74, 6) is 0.170. The third-order valence-electron chi connectivity index (χ3n) is 5.36. The van der Waals surface area contributed by atoms with E-state index in [2.05, 4.69) is 19.2 Å². The average molecular weight is 331 g/mol. The van der Waals surface area contributed by atoms with Gasteiger partial charge in [0.25, 0.3) is 0 Å². The molecule has 0 heterocycles. The topological polar surface area (TPSA) is 66.4 Å². The number of benzene rings is 1. The Kier molecular flexibility index (Phi) is 6.03. The zero-order chi connectivity index (χ0) is 17.7. The average Bonchev–Trinajstić information content (AvgIpc) is 2.55. The van der Waals surface area contributed by atoms with E-state index in [1.54, 1.807) is 6.92 Å². The van der Waals surface area contributed by atoms with Crippen LogP contribution in [0.4, 0.5) is 0 Å². The largest absolute Gasteiger partial charge is 0.480 e. The molecule has 0 aliphatic heterocycles. The fourth-order valence-corrected chi connectivity index (χ4v) is 3.60. The Morgan fingerprint density at radius 3 is 2.25 bits per heavy atom. The van der Waals surface area contributed by atoms with Crippen molar-refractivity contribution in [2.75, 3.05) is 0 Å². The molecule has 1 aliphatic rings. The Morgan fingerprint density at radius 1 is 1.17 bits per heavy atom. The summed E-state index contributed by atoms with van der Waals surface area (Å²) in [6.45, 7) is 6.05. The highest BCUT2D eigenvalue weighted by Crippen LogP contribution is 2.33. The van der Waals surface area contributed by atoms with Crippen LogP contribution in [0.15, 0.2) is 30.3 Å². The van der Waals surface area contributed by atoms with Crippen LogP contribution in [0.1, 0.15) is 52.0 Å². The van der Waals surface area contributed by atoms with Crippen molar-refractivity contribution in [3.63, 3.8) is 0 Å². The second-order valence-corrected chi connectivity index (χ2v) is 7.64. The molecule has 4 nitrogen and oxygen atoms in total. The Hall–Kier alpha value is -1.84. The van der Waals surface area contributed by atoms with Gasteiger partial charge in [-0.3, -0.25) is 4.79 Å². The molecule has 0 radical (unpaired) electrons. The molecule has 1 atom stereocenters. The molecule has 0 spiro atoms. The van der Waals surface area contributed by atoms with Crippen molar-refractivity contribution in [2.24, 2.45) is 17.8 Å². The number of rotatable bonds is 6. The Bertz CT molecular complexity index is 562. The molecule has 1 unspecified atom stereocenters. The summed E-state index contributed by atoms with van der Waals surface area (Å²) in [6, 6.07) is 9.44. The van der Waals surface area contributed by atoms with Gasteiger partial charge in [-0.25, -0.2) is 4.79 Å². The number of hydrogen-bond donors (Lipinski definition) is 2. The standard InChI is InChI=1S/C20H29NO3/c1-14(2)16-9-11-17(12-10-16)18(22)21-20(3,19(23)24)13-15-7-5-4-6-8-15/h4-8,14,16-17H,9-13H2,1-3H3,(H,21,22)(H,23,24). The lowest BCUT2D eigenvalue weighted by atomic mass is 9.76. The van der Waals surface area contributed by atoms with Crippen LogP contribution in [-0.2, 0) is 16.0 Å². The number of hydrogen-bond acceptors (Lipinski definition) is 2. The van der Waals surface area contributed by atoms with Gasteiger partial charge in [-0.1, -0.05) is 44.2 Å². The van der Waals surface area contributed by atoms with Crippen LogP contribution in [0, 0.1) is 17.8 Å². The molecule has 1 amide bonds. The molecule has 0 bridgehead atoms. The SMILES string of the molecule is CC(C)C1CCC(C(=O)NC(C)(Cc2ccccc2)C(=O)O)CC1.